The molecule has 0 amide bonds. The monoisotopic (exact) mass is 285 g/mol. The van der Waals surface area contributed by atoms with Crippen molar-refractivity contribution in [1.29, 1.82) is 0 Å². The quantitative estimate of drug-likeness (QED) is 0.614. The van der Waals surface area contributed by atoms with Gasteiger partial charge in [-0.25, -0.2) is 13.1 Å². The molecule has 1 N–H and O–H groups in total. The van der Waals surface area contributed by atoms with E-state index in [9.17, 15) is 17.4 Å². The average molecular weight is 285 g/mol. The molecule has 0 aromatic carbocycles. The van der Waals surface area contributed by atoms with Crippen LogP contribution in [0.15, 0.2) is 0 Å². The number of methoxy groups -OCH3 is 1. The van der Waals surface area contributed by atoms with Gasteiger partial charge in [0.15, 0.2) is 0 Å². The fourth-order valence-corrected chi connectivity index (χ4v) is 3.49. The van der Waals surface area contributed by atoms with E-state index in [1.54, 1.807) is 6.92 Å². The van der Waals surface area contributed by atoms with E-state index in [2.05, 4.69) is 9.46 Å². The molecule has 0 radical (unpaired) electrons. The Morgan fingerprint density at radius 3 is 2.53 bits per heavy atom. The number of ether oxygens (including phenoxy) is 1. The number of nitrogens with one attached hydrogen (secondary N) is 1. The van der Waals surface area contributed by atoms with Crippen LogP contribution in [0.5, 0.6) is 0 Å². The molecule has 0 spiro atoms. The smallest absolute Gasteiger partial charge is 0.305 e. The third-order valence-electron chi connectivity index (χ3n) is 1.89. The highest BCUT2D eigenvalue weighted by Gasteiger charge is 2.15. The van der Waals surface area contributed by atoms with Gasteiger partial charge >= 0.3 is 5.97 Å². The van der Waals surface area contributed by atoms with Crippen LogP contribution in [0, 0.1) is 0 Å². The Balaban J connectivity index is 4.03. The van der Waals surface area contributed by atoms with Crippen LogP contribution in [-0.2, 0) is 30.4 Å². The van der Waals surface area contributed by atoms with Crippen molar-refractivity contribution in [3.63, 3.8) is 0 Å². The van der Waals surface area contributed by atoms with E-state index in [-0.39, 0.29) is 30.4 Å². The van der Waals surface area contributed by atoms with Crippen LogP contribution in [0.3, 0.4) is 0 Å². The molecule has 6 nitrogen and oxygen atoms in total. The second kappa shape index (κ2) is 7.78. The van der Waals surface area contributed by atoms with Crippen LogP contribution >= 0.6 is 0 Å². The van der Waals surface area contributed by atoms with Crippen molar-refractivity contribution in [2.45, 2.75) is 25.8 Å². The van der Waals surface area contributed by atoms with Gasteiger partial charge in [0, 0.05) is 35.3 Å². The SMILES string of the molecule is COC(=O)CCCS(=O)(=O)NC(C)CS(C)=O. The fraction of sp³-hybridized carbons (Fsp3) is 0.889. The summed E-state index contributed by atoms with van der Waals surface area (Å²) in [6.45, 7) is 1.65. The molecule has 102 valence electrons. The minimum Gasteiger partial charge on any atom is -0.469 e. The minimum atomic E-state index is -3.42. The van der Waals surface area contributed by atoms with Gasteiger partial charge < -0.3 is 4.74 Å². The standard InChI is InChI=1S/C9H19NO5S2/c1-8(7-16(3)12)10-17(13,14)6-4-5-9(11)15-2/h8,10H,4-7H2,1-3H3. The number of esters is 1. The normalized spacial score (nSPS) is 15.2. The van der Waals surface area contributed by atoms with E-state index in [4.69, 9.17) is 0 Å². The second-order valence-electron chi connectivity index (χ2n) is 3.76. The van der Waals surface area contributed by atoms with E-state index in [0.29, 0.717) is 0 Å². The Morgan fingerprint density at radius 1 is 1.47 bits per heavy atom. The van der Waals surface area contributed by atoms with E-state index in [1.165, 1.54) is 13.4 Å². The molecule has 0 aliphatic carbocycles. The molecule has 0 saturated carbocycles. The number of carbonyl (C=O) groups is 1. The molecule has 0 fully saturated rings. The second-order valence-corrected chi connectivity index (χ2v) is 7.11. The lowest BCUT2D eigenvalue weighted by Gasteiger charge is -2.12. The lowest BCUT2D eigenvalue weighted by Crippen LogP contribution is -2.37. The minimum absolute atomic E-state index is 0.0749. The maximum Gasteiger partial charge on any atom is 0.305 e. The van der Waals surface area contributed by atoms with E-state index in [1.807, 2.05) is 0 Å². The van der Waals surface area contributed by atoms with E-state index >= 15 is 0 Å². The first-order chi connectivity index (χ1) is 7.76. The van der Waals surface area contributed by atoms with Crippen molar-refractivity contribution in [3.05, 3.63) is 0 Å². The largest absolute Gasteiger partial charge is 0.469 e. The van der Waals surface area contributed by atoms with Gasteiger partial charge in [0.25, 0.3) is 0 Å². The van der Waals surface area contributed by atoms with Gasteiger partial charge in [0.1, 0.15) is 0 Å². The Bertz CT molecular complexity index is 366. The predicted octanol–water partition coefficient (Wildman–Crippen LogP) is -0.374. The van der Waals surface area contributed by atoms with Gasteiger partial charge in [-0.2, -0.15) is 0 Å². The summed E-state index contributed by atoms with van der Waals surface area (Å²) in [7, 11) is -3.21. The summed E-state index contributed by atoms with van der Waals surface area (Å²) in [5.74, 6) is -0.290. The maximum absolute atomic E-state index is 11.5. The van der Waals surface area contributed by atoms with Crippen LogP contribution in [0.1, 0.15) is 19.8 Å². The molecule has 2 unspecified atom stereocenters. The lowest BCUT2D eigenvalue weighted by molar-refractivity contribution is -0.140. The summed E-state index contributed by atoms with van der Waals surface area (Å²) in [5.41, 5.74) is 0. The molecule has 0 heterocycles. The van der Waals surface area contributed by atoms with Crippen LogP contribution in [-0.4, -0.2) is 49.5 Å². The summed E-state index contributed by atoms with van der Waals surface area (Å²) in [4.78, 5) is 10.8. The zero-order chi connectivity index (χ0) is 13.5. The van der Waals surface area contributed by atoms with Crippen molar-refractivity contribution in [3.8, 4) is 0 Å². The molecule has 0 aliphatic heterocycles. The summed E-state index contributed by atoms with van der Waals surface area (Å²) in [6.07, 6.45) is 1.80. The van der Waals surface area contributed by atoms with Crippen molar-refractivity contribution in [2.75, 3.05) is 24.9 Å². The molecule has 0 bridgehead atoms. The molecule has 8 heteroatoms. The Labute approximate surface area is 105 Å². The molecular formula is C9H19NO5S2. The fourth-order valence-electron chi connectivity index (χ4n) is 1.26. The van der Waals surface area contributed by atoms with Crippen molar-refractivity contribution in [2.24, 2.45) is 0 Å². The molecule has 0 aromatic rings. The third kappa shape index (κ3) is 9.25. The van der Waals surface area contributed by atoms with Gasteiger partial charge in [-0.15, -0.1) is 0 Å². The molecule has 0 saturated heterocycles. The average Bonchev–Trinajstić information content (AvgIpc) is 2.14. The lowest BCUT2D eigenvalue weighted by atomic mass is 10.3. The van der Waals surface area contributed by atoms with Gasteiger partial charge in [-0.3, -0.25) is 9.00 Å². The first-order valence-electron chi connectivity index (χ1n) is 5.13. The topological polar surface area (TPSA) is 89.5 Å². The van der Waals surface area contributed by atoms with Gasteiger partial charge in [0.05, 0.1) is 12.9 Å². The molecule has 2 atom stereocenters. The number of sulfonamides is 1. The molecule has 0 rings (SSSR count). The highest BCUT2D eigenvalue weighted by atomic mass is 32.2. The number of hydrogen-bond acceptors (Lipinski definition) is 5. The van der Waals surface area contributed by atoms with Gasteiger partial charge in [-0.1, -0.05) is 0 Å². The van der Waals surface area contributed by atoms with Crippen LogP contribution in [0.25, 0.3) is 0 Å². The van der Waals surface area contributed by atoms with Crippen LogP contribution in [0.4, 0.5) is 0 Å². The first-order valence-corrected chi connectivity index (χ1v) is 8.51. The highest BCUT2D eigenvalue weighted by molar-refractivity contribution is 7.89. The number of rotatable bonds is 8. The summed E-state index contributed by atoms with van der Waals surface area (Å²) in [5, 5.41) is 0. The van der Waals surface area contributed by atoms with Crippen LogP contribution in [0.2, 0.25) is 0 Å². The predicted molar refractivity (Wildman–Crippen MR) is 66.6 cm³/mol. The molecular weight excluding hydrogens is 266 g/mol. The summed E-state index contributed by atoms with van der Waals surface area (Å²) in [6, 6.07) is -0.371. The number of carbonyl (C=O) groups excluding carboxylic acids is 1. The Morgan fingerprint density at radius 2 is 2.06 bits per heavy atom. The zero-order valence-electron chi connectivity index (χ0n) is 10.3. The van der Waals surface area contributed by atoms with Crippen molar-refractivity contribution in [1.82, 2.24) is 4.72 Å². The van der Waals surface area contributed by atoms with Gasteiger partial charge in [0.2, 0.25) is 10.0 Å². The zero-order valence-corrected chi connectivity index (χ0v) is 11.9. The van der Waals surface area contributed by atoms with Crippen molar-refractivity contribution < 1.29 is 22.2 Å². The van der Waals surface area contributed by atoms with E-state index in [0.717, 1.165) is 0 Å². The molecule has 0 aromatic heterocycles. The third-order valence-corrected chi connectivity index (χ3v) is 4.44. The Hall–Kier alpha value is -0.470. The Kier molecular flexibility index (Phi) is 7.56. The highest BCUT2D eigenvalue weighted by Crippen LogP contribution is 1.98. The van der Waals surface area contributed by atoms with E-state index < -0.39 is 26.8 Å². The summed E-state index contributed by atoms with van der Waals surface area (Å²) < 4.78 is 40.8. The van der Waals surface area contributed by atoms with Crippen molar-refractivity contribution >= 4 is 26.8 Å². The maximum atomic E-state index is 11.5. The summed E-state index contributed by atoms with van der Waals surface area (Å²) >= 11 is 0. The molecule has 0 aliphatic rings. The van der Waals surface area contributed by atoms with Crippen LogP contribution < -0.4 is 4.72 Å². The first kappa shape index (κ1) is 16.5. The molecule has 17 heavy (non-hydrogen) atoms. The van der Waals surface area contributed by atoms with Gasteiger partial charge in [-0.05, 0) is 13.3 Å². The number of hydrogen-bond donors (Lipinski definition) is 1.